The summed E-state index contributed by atoms with van der Waals surface area (Å²) in [6.07, 6.45) is -2.73. The predicted molar refractivity (Wildman–Crippen MR) is 35.1 cm³/mol. The lowest BCUT2D eigenvalue weighted by atomic mass is 10.4. The highest BCUT2D eigenvalue weighted by molar-refractivity contribution is 4.50. The Labute approximate surface area is 60.1 Å². The highest BCUT2D eigenvalue weighted by Gasteiger charge is 2.13. The van der Waals surface area contributed by atoms with Crippen LogP contribution in [-0.4, -0.2) is 34.0 Å². The molecule has 0 rings (SSSR count). The topological polar surface area (TPSA) is 69.9 Å². The van der Waals surface area contributed by atoms with E-state index in [0.717, 1.165) is 0 Å². The first-order valence-corrected chi connectivity index (χ1v) is 3.27. The molecule has 0 aliphatic carbocycles. The summed E-state index contributed by atoms with van der Waals surface area (Å²) in [4.78, 5) is 0. The third-order valence-electron chi connectivity index (χ3n) is 1.14. The first kappa shape index (κ1) is 9.84. The first-order valence-electron chi connectivity index (χ1n) is 3.27. The summed E-state index contributed by atoms with van der Waals surface area (Å²) in [5, 5.41) is 25.8. The molecule has 0 amide bonds. The van der Waals surface area contributed by atoms with E-state index in [2.05, 4.69) is 0 Å². The van der Waals surface area contributed by atoms with Crippen molar-refractivity contribution in [3.8, 4) is 0 Å². The Bertz CT molecular complexity index is 83.8. The predicted octanol–water partition coefficient (Wildman–Crippen LogP) is -0.569. The van der Waals surface area contributed by atoms with Crippen molar-refractivity contribution in [2.45, 2.75) is 39.0 Å². The molecule has 0 aromatic rings. The summed E-state index contributed by atoms with van der Waals surface area (Å²) in [6, 6.07) is 0. The lowest BCUT2D eigenvalue weighted by Crippen LogP contribution is -2.29. The standard InChI is InChI=1S/C6H14O4/c1-3-5(7)10-4(2)6(8)9/h4-9H,3H2,1-2H3. The number of aliphatic hydroxyl groups excluding tert-OH is 2. The van der Waals surface area contributed by atoms with E-state index >= 15 is 0 Å². The van der Waals surface area contributed by atoms with E-state index in [-0.39, 0.29) is 0 Å². The van der Waals surface area contributed by atoms with Crippen LogP contribution in [-0.2, 0) is 4.74 Å². The fourth-order valence-electron chi connectivity index (χ4n) is 0.414. The molecule has 2 atom stereocenters. The van der Waals surface area contributed by atoms with E-state index in [1.54, 1.807) is 6.92 Å². The van der Waals surface area contributed by atoms with Crippen LogP contribution in [0.1, 0.15) is 20.3 Å². The second-order valence-corrected chi connectivity index (χ2v) is 2.12. The molecule has 2 unspecified atom stereocenters. The SMILES string of the molecule is CCC(O)OC(C)C(O)O. The monoisotopic (exact) mass is 150 g/mol. The average Bonchev–Trinajstić information content (AvgIpc) is 1.87. The van der Waals surface area contributed by atoms with E-state index in [0.29, 0.717) is 6.42 Å². The molecule has 0 heterocycles. The molecule has 10 heavy (non-hydrogen) atoms. The van der Waals surface area contributed by atoms with Gasteiger partial charge in [0.2, 0.25) is 0 Å². The van der Waals surface area contributed by atoms with Crippen molar-refractivity contribution in [1.82, 2.24) is 0 Å². The van der Waals surface area contributed by atoms with Gasteiger partial charge in [-0.15, -0.1) is 0 Å². The normalized spacial score (nSPS) is 17.4. The van der Waals surface area contributed by atoms with Gasteiger partial charge in [0.25, 0.3) is 0 Å². The van der Waals surface area contributed by atoms with Gasteiger partial charge in [-0.05, 0) is 13.3 Å². The molecule has 4 nitrogen and oxygen atoms in total. The van der Waals surface area contributed by atoms with Crippen LogP contribution in [0.3, 0.4) is 0 Å². The summed E-state index contributed by atoms with van der Waals surface area (Å²) in [7, 11) is 0. The molecule has 0 bridgehead atoms. The molecule has 0 aliphatic rings. The second kappa shape index (κ2) is 4.62. The van der Waals surface area contributed by atoms with E-state index < -0.39 is 18.7 Å². The van der Waals surface area contributed by atoms with E-state index in [4.69, 9.17) is 20.1 Å². The molecule has 0 aromatic heterocycles. The highest BCUT2D eigenvalue weighted by atomic mass is 16.6. The Balaban J connectivity index is 3.46. The minimum atomic E-state index is -1.53. The van der Waals surface area contributed by atoms with Gasteiger partial charge in [-0.1, -0.05) is 6.92 Å². The van der Waals surface area contributed by atoms with Crippen LogP contribution in [0.15, 0.2) is 0 Å². The van der Waals surface area contributed by atoms with Gasteiger partial charge >= 0.3 is 0 Å². The Morgan fingerprint density at radius 1 is 1.30 bits per heavy atom. The largest absolute Gasteiger partial charge is 0.368 e. The van der Waals surface area contributed by atoms with Crippen molar-refractivity contribution in [2.24, 2.45) is 0 Å². The molecule has 0 spiro atoms. The summed E-state index contributed by atoms with van der Waals surface area (Å²) in [5.41, 5.74) is 0. The van der Waals surface area contributed by atoms with Crippen molar-refractivity contribution in [3.05, 3.63) is 0 Å². The number of hydrogen-bond acceptors (Lipinski definition) is 4. The van der Waals surface area contributed by atoms with Gasteiger partial charge in [0.1, 0.15) is 6.10 Å². The molecular formula is C6H14O4. The molecule has 0 saturated heterocycles. The Morgan fingerprint density at radius 2 is 1.80 bits per heavy atom. The van der Waals surface area contributed by atoms with Gasteiger partial charge in [-0.2, -0.15) is 0 Å². The third kappa shape index (κ3) is 3.79. The van der Waals surface area contributed by atoms with Gasteiger partial charge < -0.3 is 20.1 Å². The van der Waals surface area contributed by atoms with Gasteiger partial charge in [0, 0.05) is 0 Å². The molecule has 0 saturated carbocycles. The zero-order chi connectivity index (χ0) is 8.15. The number of hydrogen-bond donors (Lipinski definition) is 3. The third-order valence-corrected chi connectivity index (χ3v) is 1.14. The van der Waals surface area contributed by atoms with Crippen molar-refractivity contribution in [1.29, 1.82) is 0 Å². The maximum atomic E-state index is 8.83. The summed E-state index contributed by atoms with van der Waals surface area (Å²) in [5.74, 6) is 0. The quantitative estimate of drug-likeness (QED) is 0.469. The van der Waals surface area contributed by atoms with Crippen LogP contribution in [0, 0.1) is 0 Å². The number of rotatable bonds is 4. The molecular weight excluding hydrogens is 136 g/mol. The number of ether oxygens (including phenoxy) is 1. The van der Waals surface area contributed by atoms with Crippen LogP contribution in [0.4, 0.5) is 0 Å². The van der Waals surface area contributed by atoms with Crippen LogP contribution >= 0.6 is 0 Å². The molecule has 3 N–H and O–H groups in total. The molecule has 0 aliphatic heterocycles. The smallest absolute Gasteiger partial charge is 0.178 e. The maximum absolute atomic E-state index is 8.83. The van der Waals surface area contributed by atoms with Crippen LogP contribution in [0.25, 0.3) is 0 Å². The minimum Gasteiger partial charge on any atom is -0.368 e. The van der Waals surface area contributed by atoms with Crippen LogP contribution in [0.5, 0.6) is 0 Å². The molecule has 0 fully saturated rings. The van der Waals surface area contributed by atoms with Crippen molar-refractivity contribution in [2.75, 3.05) is 0 Å². The lowest BCUT2D eigenvalue weighted by Gasteiger charge is -2.17. The van der Waals surface area contributed by atoms with Crippen molar-refractivity contribution < 1.29 is 20.1 Å². The molecule has 0 radical (unpaired) electrons. The fraction of sp³-hybridized carbons (Fsp3) is 1.00. The average molecular weight is 150 g/mol. The highest BCUT2D eigenvalue weighted by Crippen LogP contribution is 2.01. The van der Waals surface area contributed by atoms with Crippen molar-refractivity contribution >= 4 is 0 Å². The molecule has 0 aromatic carbocycles. The van der Waals surface area contributed by atoms with Crippen LogP contribution < -0.4 is 0 Å². The summed E-state index contributed by atoms with van der Waals surface area (Å²) in [6.45, 7) is 3.21. The van der Waals surface area contributed by atoms with Crippen molar-refractivity contribution in [3.63, 3.8) is 0 Å². The maximum Gasteiger partial charge on any atom is 0.178 e. The van der Waals surface area contributed by atoms with Gasteiger partial charge in [-0.25, -0.2) is 0 Å². The van der Waals surface area contributed by atoms with E-state index in [1.165, 1.54) is 6.92 Å². The van der Waals surface area contributed by atoms with Gasteiger partial charge in [0.15, 0.2) is 12.6 Å². The Morgan fingerprint density at radius 3 is 2.10 bits per heavy atom. The number of aliphatic hydroxyl groups is 3. The van der Waals surface area contributed by atoms with E-state index in [1.807, 2.05) is 0 Å². The lowest BCUT2D eigenvalue weighted by molar-refractivity contribution is -0.205. The zero-order valence-corrected chi connectivity index (χ0v) is 6.19. The Kier molecular flexibility index (Phi) is 4.55. The van der Waals surface area contributed by atoms with Crippen LogP contribution in [0.2, 0.25) is 0 Å². The molecule has 4 heteroatoms. The van der Waals surface area contributed by atoms with Gasteiger partial charge in [0.05, 0.1) is 0 Å². The van der Waals surface area contributed by atoms with E-state index in [9.17, 15) is 0 Å². The molecule has 62 valence electrons. The van der Waals surface area contributed by atoms with Gasteiger partial charge in [-0.3, -0.25) is 0 Å². The summed E-state index contributed by atoms with van der Waals surface area (Å²) < 4.78 is 4.72. The summed E-state index contributed by atoms with van der Waals surface area (Å²) >= 11 is 0. The Hall–Kier alpha value is -0.160. The minimum absolute atomic E-state index is 0.442. The second-order valence-electron chi connectivity index (χ2n) is 2.12. The zero-order valence-electron chi connectivity index (χ0n) is 6.19. The first-order chi connectivity index (χ1) is 4.57. The fourth-order valence-corrected chi connectivity index (χ4v) is 0.414.